The van der Waals surface area contributed by atoms with Crippen LogP contribution in [0.15, 0.2) is 97.1 Å². The van der Waals surface area contributed by atoms with Crippen LogP contribution < -0.4 is 9.64 Å². The van der Waals surface area contributed by atoms with E-state index in [0.717, 1.165) is 16.7 Å². The van der Waals surface area contributed by atoms with Crippen molar-refractivity contribution in [3.63, 3.8) is 0 Å². The number of benzene rings is 3. The van der Waals surface area contributed by atoms with Crippen LogP contribution in [0.25, 0.3) is 10.9 Å². The number of methoxy groups -OCH3 is 1. The Morgan fingerprint density at radius 2 is 1.39 bits per heavy atom. The van der Waals surface area contributed by atoms with E-state index in [-0.39, 0.29) is 28.8 Å². The van der Waals surface area contributed by atoms with Gasteiger partial charge in [0.25, 0.3) is 0 Å². The molecule has 0 saturated carbocycles. The number of amides is 1. The zero-order chi connectivity index (χ0) is 29.2. The summed E-state index contributed by atoms with van der Waals surface area (Å²) >= 11 is 6.66. The third-order valence-electron chi connectivity index (χ3n) is 7.24. The second-order valence-corrected chi connectivity index (χ2v) is 11.5. The first kappa shape index (κ1) is 28.2. The number of hydrogen-bond donors (Lipinski definition) is 1. The molecule has 0 atom stereocenters. The molecule has 41 heavy (non-hydrogen) atoms. The van der Waals surface area contributed by atoms with E-state index < -0.39 is 11.6 Å². The van der Waals surface area contributed by atoms with Crippen molar-refractivity contribution in [3.8, 4) is 5.88 Å². The van der Waals surface area contributed by atoms with Crippen molar-refractivity contribution in [1.29, 1.82) is 0 Å². The number of anilines is 1. The van der Waals surface area contributed by atoms with Crippen LogP contribution in [0.3, 0.4) is 0 Å². The van der Waals surface area contributed by atoms with Gasteiger partial charge >= 0.3 is 6.09 Å². The first-order valence-corrected chi connectivity index (χ1v) is 13.9. The second-order valence-electron chi connectivity index (χ2n) is 11.1. The molecule has 0 unspecified atom stereocenters. The van der Waals surface area contributed by atoms with Crippen LogP contribution in [0, 0.1) is 5.41 Å². The fourth-order valence-electron chi connectivity index (χ4n) is 5.29. The minimum atomic E-state index is -1.12. The average Bonchev–Trinajstić information content (AvgIpc) is 3.33. The molecule has 1 N–H and O–H groups in total. The summed E-state index contributed by atoms with van der Waals surface area (Å²) in [5, 5.41) is 16.0. The van der Waals surface area contributed by atoms with Crippen molar-refractivity contribution < 1.29 is 14.6 Å². The third-order valence-corrected chi connectivity index (χ3v) is 7.43. The fourth-order valence-corrected chi connectivity index (χ4v) is 5.48. The maximum absolute atomic E-state index is 12.6. The molecule has 7 nitrogen and oxygen atoms in total. The highest BCUT2D eigenvalue weighted by Crippen LogP contribution is 2.45. The highest BCUT2D eigenvalue weighted by Gasteiger charge is 2.42. The minimum Gasteiger partial charge on any atom is -0.479 e. The summed E-state index contributed by atoms with van der Waals surface area (Å²) < 4.78 is 7.72. The van der Waals surface area contributed by atoms with Gasteiger partial charge in [0.2, 0.25) is 5.88 Å². The smallest absolute Gasteiger partial charge is 0.413 e. The van der Waals surface area contributed by atoms with Crippen molar-refractivity contribution in [1.82, 2.24) is 14.8 Å². The van der Waals surface area contributed by atoms with E-state index >= 15 is 0 Å². The van der Waals surface area contributed by atoms with E-state index in [0.29, 0.717) is 17.3 Å². The molecule has 0 bridgehead atoms. The quantitative estimate of drug-likeness (QED) is 0.152. The van der Waals surface area contributed by atoms with Gasteiger partial charge in [0.05, 0.1) is 12.6 Å². The van der Waals surface area contributed by atoms with Gasteiger partial charge in [-0.15, -0.1) is 5.10 Å². The average molecular weight is 569 g/mol. The highest BCUT2D eigenvalue weighted by molar-refractivity contribution is 6.30. The molecule has 0 aliphatic rings. The number of hydrogen-bond acceptors (Lipinski definition) is 4. The Labute approximate surface area is 245 Å². The van der Waals surface area contributed by atoms with Crippen molar-refractivity contribution in [3.05, 3.63) is 119 Å². The van der Waals surface area contributed by atoms with Crippen LogP contribution in [0.4, 0.5) is 10.6 Å². The van der Waals surface area contributed by atoms with E-state index in [4.69, 9.17) is 21.4 Å². The predicted molar refractivity (Wildman–Crippen MR) is 163 cm³/mol. The van der Waals surface area contributed by atoms with Gasteiger partial charge in [-0.05, 0) is 28.5 Å². The lowest BCUT2D eigenvalue weighted by Gasteiger charge is -2.37. The summed E-state index contributed by atoms with van der Waals surface area (Å²) in [6.07, 6.45) is -0.506. The van der Waals surface area contributed by atoms with Crippen LogP contribution in [-0.2, 0) is 5.54 Å². The van der Waals surface area contributed by atoms with Crippen molar-refractivity contribution in [2.24, 2.45) is 5.41 Å². The Kier molecular flexibility index (Phi) is 7.74. The molecule has 0 aliphatic carbocycles. The topological polar surface area (TPSA) is 80.5 Å². The Morgan fingerprint density at radius 1 is 0.902 bits per heavy atom. The lowest BCUT2D eigenvalue weighted by molar-refractivity contribution is 0.200. The van der Waals surface area contributed by atoms with Crippen molar-refractivity contribution in [2.45, 2.75) is 32.7 Å². The summed E-state index contributed by atoms with van der Waals surface area (Å²) in [7, 11) is 1.53. The SMILES string of the molecule is COc1nn(C(c2ccccc2)(c2ccccc2)c2ccccc2)c2cc(Cl)nc(N(CCC(C)(C)C)C(=O)O)c12. The number of rotatable bonds is 8. The minimum absolute atomic E-state index is 0.0945. The lowest BCUT2D eigenvalue weighted by Crippen LogP contribution is -2.38. The number of nitrogens with zero attached hydrogens (tertiary/aromatic N) is 4. The number of pyridine rings is 1. The molecule has 5 rings (SSSR count). The summed E-state index contributed by atoms with van der Waals surface area (Å²) in [5.41, 5.74) is 2.42. The first-order valence-electron chi connectivity index (χ1n) is 13.5. The first-order chi connectivity index (χ1) is 19.7. The molecule has 0 spiro atoms. The normalized spacial score (nSPS) is 11.9. The summed E-state index contributed by atoms with van der Waals surface area (Å²) in [6, 6.07) is 32.0. The molecule has 3 aromatic carbocycles. The predicted octanol–water partition coefficient (Wildman–Crippen LogP) is 7.85. The van der Waals surface area contributed by atoms with E-state index in [1.165, 1.54) is 12.0 Å². The van der Waals surface area contributed by atoms with Gasteiger partial charge < -0.3 is 9.84 Å². The number of carbonyl (C=O) groups is 1. The zero-order valence-corrected chi connectivity index (χ0v) is 24.3. The maximum Gasteiger partial charge on any atom is 0.413 e. The largest absolute Gasteiger partial charge is 0.479 e. The van der Waals surface area contributed by atoms with Crippen molar-refractivity contribution in [2.75, 3.05) is 18.6 Å². The number of halogens is 1. The molecule has 0 radical (unpaired) electrons. The number of aromatic nitrogens is 3. The van der Waals surface area contributed by atoms with Gasteiger partial charge in [-0.1, -0.05) is 123 Å². The monoisotopic (exact) mass is 568 g/mol. The molecule has 0 aliphatic heterocycles. The number of ether oxygens (including phenoxy) is 1. The number of fused-ring (bicyclic) bond motifs is 1. The molecule has 0 saturated heterocycles. The lowest BCUT2D eigenvalue weighted by atomic mass is 9.77. The molecule has 0 fully saturated rings. The number of carboxylic acid groups (broad SMARTS) is 1. The maximum atomic E-state index is 12.6. The van der Waals surface area contributed by atoms with Crippen molar-refractivity contribution >= 4 is 34.4 Å². The Bertz CT molecular complexity index is 1550. The molecule has 5 aromatic rings. The Balaban J connectivity index is 1.91. The van der Waals surface area contributed by atoms with E-state index in [1.807, 2.05) is 59.3 Å². The van der Waals surface area contributed by atoms with Gasteiger partial charge in [0, 0.05) is 12.6 Å². The van der Waals surface area contributed by atoms with Gasteiger partial charge in [-0.3, -0.25) is 4.90 Å². The van der Waals surface area contributed by atoms with Crippen LogP contribution in [0.5, 0.6) is 5.88 Å². The molecular formula is C33H33ClN4O3. The molecule has 1 amide bonds. The summed E-state index contributed by atoms with van der Waals surface area (Å²) in [5.74, 6) is 0.448. The van der Waals surface area contributed by atoms with Crippen LogP contribution in [0.2, 0.25) is 5.15 Å². The molecule has 8 heteroatoms. The zero-order valence-electron chi connectivity index (χ0n) is 23.6. The van der Waals surface area contributed by atoms with Crippen LogP contribution in [0.1, 0.15) is 43.9 Å². The van der Waals surface area contributed by atoms with E-state index in [9.17, 15) is 9.90 Å². The Hall–Kier alpha value is -4.36. The van der Waals surface area contributed by atoms with E-state index in [2.05, 4.69) is 62.2 Å². The van der Waals surface area contributed by atoms with Gasteiger partial charge in [-0.2, -0.15) is 0 Å². The molecular weight excluding hydrogens is 536 g/mol. The van der Waals surface area contributed by atoms with Crippen LogP contribution >= 0.6 is 11.6 Å². The second kappa shape index (κ2) is 11.3. The summed E-state index contributed by atoms with van der Waals surface area (Å²) in [6.45, 7) is 6.44. The fraction of sp³-hybridized carbons (Fsp3) is 0.242. The molecule has 210 valence electrons. The van der Waals surface area contributed by atoms with Gasteiger partial charge in [-0.25, -0.2) is 14.5 Å². The Morgan fingerprint density at radius 3 is 1.80 bits per heavy atom. The van der Waals surface area contributed by atoms with Gasteiger partial charge in [0.1, 0.15) is 16.1 Å². The van der Waals surface area contributed by atoms with Crippen LogP contribution in [-0.4, -0.2) is 39.6 Å². The highest BCUT2D eigenvalue weighted by atomic mass is 35.5. The molecule has 2 heterocycles. The standard InChI is InChI=1S/C33H33ClN4O3/c1-32(2,3)20-21-37(31(39)40)29-28-26(22-27(34)35-29)38(36-30(28)41-4)33(23-14-8-5-9-15-23,24-16-10-6-11-17-24)25-18-12-7-13-19-25/h5-19,22H,20-21H2,1-4H3,(H,39,40). The molecule has 2 aromatic heterocycles. The van der Waals surface area contributed by atoms with Gasteiger partial charge in [0.15, 0.2) is 5.82 Å². The van der Waals surface area contributed by atoms with E-state index in [1.54, 1.807) is 6.07 Å². The third kappa shape index (κ3) is 5.25. The summed E-state index contributed by atoms with van der Waals surface area (Å²) in [4.78, 5) is 18.4.